The summed E-state index contributed by atoms with van der Waals surface area (Å²) in [7, 11) is 1.30. The molecule has 0 unspecified atom stereocenters. The molecule has 8 nitrogen and oxygen atoms in total. The number of methoxy groups -OCH3 is 1. The fourth-order valence-electron chi connectivity index (χ4n) is 4.56. The highest BCUT2D eigenvalue weighted by atomic mass is 16.5. The third-order valence-corrected chi connectivity index (χ3v) is 6.80. The van der Waals surface area contributed by atoms with Crippen molar-refractivity contribution in [1.82, 2.24) is 15.5 Å². The van der Waals surface area contributed by atoms with Gasteiger partial charge in [-0.2, -0.15) is 0 Å². The summed E-state index contributed by atoms with van der Waals surface area (Å²) in [5, 5.41) is 5.81. The van der Waals surface area contributed by atoms with Gasteiger partial charge in [-0.3, -0.25) is 14.4 Å². The lowest BCUT2D eigenvalue weighted by atomic mass is 10.1. The molecule has 2 N–H and O–H groups in total. The summed E-state index contributed by atoms with van der Waals surface area (Å²) >= 11 is 0. The van der Waals surface area contributed by atoms with Crippen molar-refractivity contribution >= 4 is 23.7 Å². The van der Waals surface area contributed by atoms with E-state index in [1.165, 1.54) is 38.9 Å². The summed E-state index contributed by atoms with van der Waals surface area (Å²) in [5.74, 6) is -1.21. The number of esters is 1. The number of nitrogens with one attached hydrogen (secondary N) is 2. The third-order valence-electron chi connectivity index (χ3n) is 6.80. The molecule has 8 heteroatoms. The molecule has 1 aromatic carbocycles. The van der Waals surface area contributed by atoms with Crippen LogP contribution in [0.15, 0.2) is 18.2 Å². The van der Waals surface area contributed by atoms with E-state index < -0.39 is 12.0 Å². The molecule has 37 heavy (non-hydrogen) atoms. The Labute approximate surface area is 221 Å². The minimum Gasteiger partial charge on any atom is -0.465 e. The smallest absolute Gasteiger partial charge is 0.337 e. The normalized spacial score (nSPS) is 13.3. The highest BCUT2D eigenvalue weighted by molar-refractivity contribution is 6.01. The van der Waals surface area contributed by atoms with E-state index >= 15 is 0 Å². The lowest BCUT2D eigenvalue weighted by molar-refractivity contribution is -0.129. The van der Waals surface area contributed by atoms with Crippen LogP contribution in [0.1, 0.15) is 117 Å². The van der Waals surface area contributed by atoms with Crippen LogP contribution in [0.3, 0.4) is 0 Å². The van der Waals surface area contributed by atoms with Gasteiger partial charge in [0.15, 0.2) is 0 Å². The number of ether oxygens (including phenoxy) is 1. The molecular formula is C29H45N3O5. The van der Waals surface area contributed by atoms with Gasteiger partial charge in [-0.1, -0.05) is 77.7 Å². The molecule has 1 aromatic rings. The maximum Gasteiger partial charge on any atom is 0.337 e. The highest BCUT2D eigenvalue weighted by Crippen LogP contribution is 2.24. The van der Waals surface area contributed by atoms with E-state index in [1.807, 2.05) is 0 Å². The number of hydrogen-bond donors (Lipinski definition) is 2. The monoisotopic (exact) mass is 515 g/mol. The van der Waals surface area contributed by atoms with Crippen molar-refractivity contribution in [2.75, 3.05) is 20.2 Å². The van der Waals surface area contributed by atoms with Gasteiger partial charge in [0.2, 0.25) is 11.8 Å². The molecule has 1 aliphatic heterocycles. The molecule has 0 aromatic heterocycles. The first-order valence-electron chi connectivity index (χ1n) is 14.0. The van der Waals surface area contributed by atoms with Gasteiger partial charge < -0.3 is 20.3 Å². The van der Waals surface area contributed by atoms with E-state index in [2.05, 4.69) is 24.5 Å². The Bertz CT molecular complexity index is 902. The fraction of sp³-hybridized carbons (Fsp3) is 0.655. The average molecular weight is 516 g/mol. The van der Waals surface area contributed by atoms with Gasteiger partial charge in [0.05, 0.1) is 19.2 Å². The largest absolute Gasteiger partial charge is 0.465 e. The fourth-order valence-corrected chi connectivity index (χ4v) is 4.56. The minimum atomic E-state index is -0.832. The first-order chi connectivity index (χ1) is 17.9. The Morgan fingerprint density at radius 1 is 0.946 bits per heavy atom. The zero-order valence-corrected chi connectivity index (χ0v) is 22.9. The van der Waals surface area contributed by atoms with Crippen LogP contribution in [0.5, 0.6) is 0 Å². The van der Waals surface area contributed by atoms with Crippen LogP contribution in [-0.2, 0) is 20.9 Å². The second kappa shape index (κ2) is 16.8. The second-order valence-electron chi connectivity index (χ2n) is 9.89. The van der Waals surface area contributed by atoms with Crippen LogP contribution in [0.25, 0.3) is 0 Å². The van der Waals surface area contributed by atoms with Crippen molar-refractivity contribution in [1.29, 1.82) is 0 Å². The number of benzene rings is 1. The predicted molar refractivity (Wildman–Crippen MR) is 144 cm³/mol. The topological polar surface area (TPSA) is 105 Å². The molecule has 2 rings (SSSR count). The molecule has 0 saturated heterocycles. The minimum absolute atomic E-state index is 0.0740. The summed E-state index contributed by atoms with van der Waals surface area (Å²) < 4.78 is 4.76. The van der Waals surface area contributed by atoms with Crippen molar-refractivity contribution in [3.05, 3.63) is 34.9 Å². The Morgan fingerprint density at radius 2 is 1.59 bits per heavy atom. The number of rotatable bonds is 18. The first-order valence-corrected chi connectivity index (χ1v) is 14.0. The maximum absolute atomic E-state index is 13.1. The van der Waals surface area contributed by atoms with Crippen LogP contribution in [0.2, 0.25) is 0 Å². The van der Waals surface area contributed by atoms with Gasteiger partial charge in [0.1, 0.15) is 6.04 Å². The summed E-state index contributed by atoms with van der Waals surface area (Å²) in [5.41, 5.74) is 1.52. The third kappa shape index (κ3) is 10.2. The van der Waals surface area contributed by atoms with E-state index in [1.54, 1.807) is 17.0 Å². The predicted octanol–water partition coefficient (Wildman–Crippen LogP) is 4.75. The Morgan fingerprint density at radius 3 is 2.27 bits per heavy atom. The van der Waals surface area contributed by atoms with Gasteiger partial charge in [-0.15, -0.1) is 0 Å². The molecule has 1 atom stereocenters. The molecule has 0 radical (unpaired) electrons. The van der Waals surface area contributed by atoms with Gasteiger partial charge in [0.25, 0.3) is 5.91 Å². The van der Waals surface area contributed by atoms with Crippen LogP contribution in [0, 0.1) is 0 Å². The number of carbonyl (C=O) groups excluding carboxylic acids is 4. The van der Waals surface area contributed by atoms with E-state index in [0.717, 1.165) is 50.5 Å². The van der Waals surface area contributed by atoms with Gasteiger partial charge >= 0.3 is 5.97 Å². The average Bonchev–Trinajstić information content (AvgIpc) is 3.21. The lowest BCUT2D eigenvalue weighted by Gasteiger charge is -2.24. The lowest BCUT2D eigenvalue weighted by Crippen LogP contribution is -2.52. The number of nitrogens with zero attached hydrogens (tertiary/aromatic N) is 1. The molecule has 1 heterocycles. The molecule has 3 amide bonds. The van der Waals surface area contributed by atoms with Crippen LogP contribution >= 0.6 is 0 Å². The van der Waals surface area contributed by atoms with E-state index in [0.29, 0.717) is 30.6 Å². The van der Waals surface area contributed by atoms with Crippen molar-refractivity contribution in [3.63, 3.8) is 0 Å². The van der Waals surface area contributed by atoms with Gasteiger partial charge in [0, 0.05) is 25.1 Å². The SMILES string of the molecule is CCCCCCCCCC(=O)N[C@@H](CN1Cc2ccc(C(=O)OC)cc2C1=O)C(=O)NCCCCCC. The number of amides is 3. The number of fused-ring (bicyclic) bond motifs is 1. The van der Waals surface area contributed by atoms with E-state index in [4.69, 9.17) is 4.74 Å². The Balaban J connectivity index is 1.96. The molecule has 0 fully saturated rings. The Kier molecular flexibility index (Phi) is 13.7. The molecule has 0 saturated carbocycles. The summed E-state index contributed by atoms with van der Waals surface area (Å²) in [6.45, 7) is 5.26. The maximum atomic E-state index is 13.1. The quantitative estimate of drug-likeness (QED) is 0.217. The van der Waals surface area contributed by atoms with Crippen molar-refractivity contribution < 1.29 is 23.9 Å². The van der Waals surface area contributed by atoms with Crippen LogP contribution in [0.4, 0.5) is 0 Å². The summed E-state index contributed by atoms with van der Waals surface area (Å²) in [6.07, 6.45) is 12.3. The van der Waals surface area contributed by atoms with Crippen molar-refractivity contribution in [2.45, 2.75) is 103 Å². The van der Waals surface area contributed by atoms with Gasteiger partial charge in [-0.25, -0.2) is 4.79 Å². The van der Waals surface area contributed by atoms with Gasteiger partial charge in [-0.05, 0) is 30.5 Å². The standard InChI is InChI=1S/C29H45N3O5/c1-4-6-8-10-11-12-13-15-26(33)31-25(27(34)30-18-14-9-7-5-2)21-32-20-23-17-16-22(29(36)37-3)19-24(23)28(32)35/h16-17,19,25H,4-15,18,20-21H2,1-3H3,(H,30,34)(H,31,33)/t25-/m0/s1. The zero-order chi connectivity index (χ0) is 27.0. The molecule has 206 valence electrons. The zero-order valence-electron chi connectivity index (χ0n) is 22.9. The number of unbranched alkanes of at least 4 members (excludes halogenated alkanes) is 9. The molecule has 0 bridgehead atoms. The Hall–Kier alpha value is -2.90. The summed E-state index contributed by atoms with van der Waals surface area (Å²) in [6, 6.07) is 4.07. The van der Waals surface area contributed by atoms with Crippen molar-refractivity contribution in [3.8, 4) is 0 Å². The summed E-state index contributed by atoms with van der Waals surface area (Å²) in [4.78, 5) is 52.2. The van der Waals surface area contributed by atoms with E-state index in [-0.39, 0.29) is 24.3 Å². The van der Waals surface area contributed by atoms with Crippen LogP contribution < -0.4 is 10.6 Å². The number of carbonyl (C=O) groups is 4. The number of hydrogen-bond acceptors (Lipinski definition) is 5. The van der Waals surface area contributed by atoms with Crippen LogP contribution in [-0.4, -0.2) is 54.8 Å². The van der Waals surface area contributed by atoms with Crippen molar-refractivity contribution in [2.24, 2.45) is 0 Å². The highest BCUT2D eigenvalue weighted by Gasteiger charge is 2.32. The molecule has 1 aliphatic rings. The molecular weight excluding hydrogens is 470 g/mol. The molecule has 0 aliphatic carbocycles. The second-order valence-corrected chi connectivity index (χ2v) is 9.89. The first kappa shape index (κ1) is 30.3. The molecule has 0 spiro atoms. The van der Waals surface area contributed by atoms with E-state index in [9.17, 15) is 19.2 Å².